The molecule has 0 spiro atoms. The number of rotatable bonds is 4. The Morgan fingerprint density at radius 1 is 1.00 bits per heavy atom. The van der Waals surface area contributed by atoms with Crippen molar-refractivity contribution in [3.63, 3.8) is 0 Å². The van der Waals surface area contributed by atoms with Gasteiger partial charge in [-0.1, -0.05) is 42.5 Å². The number of H-pyrrole nitrogens is 2. The summed E-state index contributed by atoms with van der Waals surface area (Å²) in [6.07, 6.45) is 1.97. The molecule has 2 heterocycles. The predicted molar refractivity (Wildman–Crippen MR) is 88.2 cm³/mol. The van der Waals surface area contributed by atoms with Gasteiger partial charge in [0, 0.05) is 17.5 Å². The lowest BCUT2D eigenvalue weighted by Gasteiger charge is -2.01. The minimum atomic E-state index is 0.0596. The highest BCUT2D eigenvalue weighted by Gasteiger charge is 2.15. The lowest BCUT2D eigenvalue weighted by molar-refractivity contribution is 0.0993. The van der Waals surface area contributed by atoms with E-state index in [0.29, 0.717) is 11.4 Å². The molecule has 2 aromatic carbocycles. The van der Waals surface area contributed by atoms with Crippen LogP contribution in [0.25, 0.3) is 22.6 Å². The van der Waals surface area contributed by atoms with Crippen molar-refractivity contribution < 1.29 is 4.79 Å². The van der Waals surface area contributed by atoms with Gasteiger partial charge >= 0.3 is 0 Å². The number of fused-ring (bicyclic) bond motifs is 1. The number of carbonyl (C=O) groups is 1. The molecule has 4 rings (SSSR count). The molecule has 0 saturated carbocycles. The average Bonchev–Trinajstić information content (AvgIpc) is 3.21. The van der Waals surface area contributed by atoms with Crippen molar-refractivity contribution in [1.82, 2.24) is 20.2 Å². The zero-order valence-corrected chi connectivity index (χ0v) is 12.3. The Bertz CT molecular complexity index is 936. The summed E-state index contributed by atoms with van der Waals surface area (Å²) < 4.78 is 0. The maximum Gasteiger partial charge on any atom is 0.167 e. The summed E-state index contributed by atoms with van der Waals surface area (Å²) in [4.78, 5) is 20.2. The van der Waals surface area contributed by atoms with Gasteiger partial charge in [0.15, 0.2) is 11.6 Å². The Labute approximate surface area is 132 Å². The highest BCUT2D eigenvalue weighted by molar-refractivity contribution is 5.98. The number of hydrogen-bond acceptors (Lipinski definition) is 3. The molecule has 5 nitrogen and oxygen atoms in total. The molecule has 23 heavy (non-hydrogen) atoms. The highest BCUT2D eigenvalue weighted by Crippen LogP contribution is 2.22. The minimum Gasteiger partial charge on any atom is -0.337 e. The third-order valence-corrected chi connectivity index (χ3v) is 3.79. The summed E-state index contributed by atoms with van der Waals surface area (Å²) in [7, 11) is 0. The van der Waals surface area contributed by atoms with Gasteiger partial charge < -0.3 is 4.98 Å². The fraction of sp³-hybridized carbons (Fsp3) is 0.0556. The van der Waals surface area contributed by atoms with E-state index in [4.69, 9.17) is 0 Å². The van der Waals surface area contributed by atoms with Crippen LogP contribution in [-0.2, 0) is 6.42 Å². The molecule has 0 aliphatic heterocycles. The number of carbonyl (C=O) groups excluding carboxylic acids is 1. The normalized spacial score (nSPS) is 11.0. The third kappa shape index (κ3) is 2.53. The van der Waals surface area contributed by atoms with E-state index in [-0.39, 0.29) is 12.2 Å². The Morgan fingerprint density at radius 3 is 2.61 bits per heavy atom. The monoisotopic (exact) mass is 302 g/mol. The first kappa shape index (κ1) is 13.5. The minimum absolute atomic E-state index is 0.0596. The van der Waals surface area contributed by atoms with Crippen molar-refractivity contribution in [2.45, 2.75) is 6.42 Å². The number of aromatic amines is 2. The number of benzene rings is 2. The van der Waals surface area contributed by atoms with Gasteiger partial charge in [-0.3, -0.25) is 9.89 Å². The first-order valence-electron chi connectivity index (χ1n) is 7.37. The maximum atomic E-state index is 12.4. The molecule has 0 bridgehead atoms. The molecular weight excluding hydrogens is 288 g/mol. The van der Waals surface area contributed by atoms with Crippen LogP contribution in [0.4, 0.5) is 0 Å². The molecule has 0 unspecified atom stereocenters. The van der Waals surface area contributed by atoms with Gasteiger partial charge in [0.2, 0.25) is 0 Å². The molecule has 0 fully saturated rings. The summed E-state index contributed by atoms with van der Waals surface area (Å²) >= 11 is 0. The van der Waals surface area contributed by atoms with E-state index < -0.39 is 0 Å². The number of imidazole rings is 1. The van der Waals surface area contributed by atoms with Crippen LogP contribution in [0.2, 0.25) is 0 Å². The van der Waals surface area contributed by atoms with Crippen LogP contribution in [-0.4, -0.2) is 25.9 Å². The summed E-state index contributed by atoms with van der Waals surface area (Å²) in [6.45, 7) is 0. The van der Waals surface area contributed by atoms with Crippen LogP contribution >= 0.6 is 0 Å². The maximum absolute atomic E-state index is 12.4. The first-order valence-corrected chi connectivity index (χ1v) is 7.37. The predicted octanol–water partition coefficient (Wildman–Crippen LogP) is 3.38. The molecule has 0 aliphatic carbocycles. The van der Waals surface area contributed by atoms with Gasteiger partial charge in [0.25, 0.3) is 0 Å². The van der Waals surface area contributed by atoms with Crippen molar-refractivity contribution in [3.8, 4) is 11.5 Å². The van der Waals surface area contributed by atoms with E-state index in [1.54, 1.807) is 6.20 Å². The SMILES string of the molecule is O=C(Cc1cn[nH]c1-c1nc2ccccc2[nH]1)c1ccccc1. The van der Waals surface area contributed by atoms with E-state index in [9.17, 15) is 4.79 Å². The molecular formula is C18H14N4O. The third-order valence-electron chi connectivity index (χ3n) is 3.79. The molecule has 2 N–H and O–H groups in total. The summed E-state index contributed by atoms with van der Waals surface area (Å²) in [5.74, 6) is 0.754. The molecule has 5 heteroatoms. The van der Waals surface area contributed by atoms with Crippen molar-refractivity contribution in [1.29, 1.82) is 0 Å². The summed E-state index contributed by atoms with van der Waals surface area (Å²) in [5, 5.41) is 7.02. The Kier molecular flexibility index (Phi) is 3.24. The molecule has 0 atom stereocenters. The van der Waals surface area contributed by atoms with Gasteiger partial charge in [-0.2, -0.15) is 5.10 Å². The topological polar surface area (TPSA) is 74.4 Å². The Hall–Kier alpha value is -3.21. The van der Waals surface area contributed by atoms with E-state index in [1.165, 1.54) is 0 Å². The van der Waals surface area contributed by atoms with Gasteiger partial charge in [0.1, 0.15) is 5.69 Å². The smallest absolute Gasteiger partial charge is 0.167 e. The van der Waals surface area contributed by atoms with E-state index in [2.05, 4.69) is 20.2 Å². The largest absolute Gasteiger partial charge is 0.337 e. The van der Waals surface area contributed by atoms with Crippen molar-refractivity contribution in [2.24, 2.45) is 0 Å². The van der Waals surface area contributed by atoms with Crippen LogP contribution in [0.3, 0.4) is 0 Å². The molecule has 0 saturated heterocycles. The molecule has 0 radical (unpaired) electrons. The summed E-state index contributed by atoms with van der Waals surface area (Å²) in [5.41, 5.74) is 4.13. The van der Waals surface area contributed by atoms with E-state index in [0.717, 1.165) is 22.3 Å². The number of nitrogens with one attached hydrogen (secondary N) is 2. The van der Waals surface area contributed by atoms with Gasteiger partial charge in [0.05, 0.1) is 17.2 Å². The quantitative estimate of drug-likeness (QED) is 0.567. The molecule has 0 amide bonds. The highest BCUT2D eigenvalue weighted by atomic mass is 16.1. The van der Waals surface area contributed by atoms with Crippen molar-refractivity contribution in [2.75, 3.05) is 0 Å². The number of aromatic nitrogens is 4. The number of ketones is 1. The van der Waals surface area contributed by atoms with Crippen LogP contribution in [0, 0.1) is 0 Å². The standard InChI is InChI=1S/C18H14N4O/c23-16(12-6-2-1-3-7-12)10-13-11-19-22-17(13)18-20-14-8-4-5-9-15(14)21-18/h1-9,11H,10H2,(H,19,22)(H,20,21). The van der Waals surface area contributed by atoms with Gasteiger partial charge in [-0.15, -0.1) is 0 Å². The number of hydrogen-bond donors (Lipinski definition) is 2. The zero-order chi connectivity index (χ0) is 15.6. The van der Waals surface area contributed by atoms with Gasteiger partial charge in [-0.25, -0.2) is 4.98 Å². The molecule has 4 aromatic rings. The Balaban J connectivity index is 1.67. The van der Waals surface area contributed by atoms with Crippen LogP contribution in [0.1, 0.15) is 15.9 Å². The molecule has 112 valence electrons. The van der Waals surface area contributed by atoms with Crippen molar-refractivity contribution >= 4 is 16.8 Å². The first-order chi connectivity index (χ1) is 11.3. The lowest BCUT2D eigenvalue weighted by Crippen LogP contribution is -2.03. The van der Waals surface area contributed by atoms with Crippen LogP contribution in [0.15, 0.2) is 60.8 Å². The second-order valence-electron chi connectivity index (χ2n) is 5.34. The second kappa shape index (κ2) is 5.53. The van der Waals surface area contributed by atoms with Crippen molar-refractivity contribution in [3.05, 3.63) is 71.9 Å². The lowest BCUT2D eigenvalue weighted by atomic mass is 10.0. The fourth-order valence-corrected chi connectivity index (χ4v) is 2.62. The second-order valence-corrected chi connectivity index (χ2v) is 5.34. The Morgan fingerprint density at radius 2 is 1.78 bits per heavy atom. The molecule has 2 aromatic heterocycles. The zero-order valence-electron chi connectivity index (χ0n) is 12.3. The van der Waals surface area contributed by atoms with Gasteiger partial charge in [-0.05, 0) is 12.1 Å². The number of para-hydroxylation sites is 2. The van der Waals surface area contributed by atoms with E-state index in [1.807, 2.05) is 54.6 Å². The number of nitrogens with zero attached hydrogens (tertiary/aromatic N) is 2. The molecule has 0 aliphatic rings. The average molecular weight is 302 g/mol. The van der Waals surface area contributed by atoms with Crippen LogP contribution < -0.4 is 0 Å². The summed E-state index contributed by atoms with van der Waals surface area (Å²) in [6, 6.07) is 17.1. The fourth-order valence-electron chi connectivity index (χ4n) is 2.62. The number of Topliss-reactive ketones (excluding diaryl/α,β-unsaturated/α-hetero) is 1. The van der Waals surface area contributed by atoms with Crippen LogP contribution in [0.5, 0.6) is 0 Å². The van der Waals surface area contributed by atoms with E-state index >= 15 is 0 Å².